The van der Waals surface area contributed by atoms with Crippen LogP contribution >= 0.6 is 0 Å². The molecule has 0 fully saturated rings. The Balaban J connectivity index is 2.02. The maximum absolute atomic E-state index is 2.26. The van der Waals surface area contributed by atoms with Crippen LogP contribution in [0, 0.1) is 0 Å². The number of benzene rings is 3. The summed E-state index contributed by atoms with van der Waals surface area (Å²) >= 11 is 0. The van der Waals surface area contributed by atoms with Crippen LogP contribution in [0.4, 0.5) is 0 Å². The van der Waals surface area contributed by atoms with Crippen LogP contribution in [0.3, 0.4) is 0 Å². The lowest BCUT2D eigenvalue weighted by Crippen LogP contribution is -2.48. The topological polar surface area (TPSA) is 0 Å². The highest BCUT2D eigenvalue weighted by atomic mass is 14.1. The Morgan fingerprint density at radius 2 is 0.947 bits per heavy atom. The van der Waals surface area contributed by atoms with Gasteiger partial charge in [-0.1, -0.05) is 95.3 Å². The standard InChI is InChI=1S/C18H13B/c1-2-8-14(9-3-1)19-17-12-6-4-10-15(17)16-11-5-7-13-18(16)19/h1-13H. The number of hydrogen-bond donors (Lipinski definition) is 0. The molecule has 0 atom stereocenters. The summed E-state index contributed by atoms with van der Waals surface area (Å²) in [7, 11) is 0. The summed E-state index contributed by atoms with van der Waals surface area (Å²) in [4.78, 5) is 0. The molecule has 1 heterocycles. The third kappa shape index (κ3) is 1.55. The zero-order valence-electron chi connectivity index (χ0n) is 10.6. The van der Waals surface area contributed by atoms with Gasteiger partial charge >= 0.3 is 0 Å². The van der Waals surface area contributed by atoms with Gasteiger partial charge in [0, 0.05) is 0 Å². The minimum absolute atomic E-state index is 0.383. The lowest BCUT2D eigenvalue weighted by atomic mass is 9.39. The van der Waals surface area contributed by atoms with Crippen molar-refractivity contribution in [2.45, 2.75) is 0 Å². The summed E-state index contributed by atoms with van der Waals surface area (Å²) < 4.78 is 0. The Morgan fingerprint density at radius 1 is 0.474 bits per heavy atom. The van der Waals surface area contributed by atoms with Gasteiger partial charge in [-0.2, -0.15) is 0 Å². The summed E-state index contributed by atoms with van der Waals surface area (Å²) in [5, 5.41) is 0. The van der Waals surface area contributed by atoms with Gasteiger partial charge in [0.05, 0.1) is 0 Å². The number of fused-ring (bicyclic) bond motifs is 3. The van der Waals surface area contributed by atoms with Crippen LogP contribution in [0.5, 0.6) is 0 Å². The predicted octanol–water partition coefficient (Wildman–Crippen LogP) is 2.18. The average molecular weight is 240 g/mol. The molecule has 1 aliphatic rings. The van der Waals surface area contributed by atoms with Crippen LogP contribution in [0.2, 0.25) is 0 Å². The van der Waals surface area contributed by atoms with E-state index in [0.29, 0.717) is 6.71 Å². The maximum Gasteiger partial charge on any atom is 0.242 e. The second-order valence-corrected chi connectivity index (χ2v) is 5.02. The molecule has 0 radical (unpaired) electrons. The first-order valence-electron chi connectivity index (χ1n) is 6.68. The van der Waals surface area contributed by atoms with Crippen molar-refractivity contribution in [1.29, 1.82) is 0 Å². The summed E-state index contributed by atoms with van der Waals surface area (Å²) in [5.41, 5.74) is 6.99. The van der Waals surface area contributed by atoms with Gasteiger partial charge in [0.1, 0.15) is 0 Å². The Morgan fingerprint density at radius 3 is 1.53 bits per heavy atom. The van der Waals surface area contributed by atoms with Crippen LogP contribution in [0.1, 0.15) is 0 Å². The molecule has 0 bridgehead atoms. The Kier molecular flexibility index (Phi) is 2.31. The second-order valence-electron chi connectivity index (χ2n) is 5.02. The van der Waals surface area contributed by atoms with Crippen LogP contribution in [-0.2, 0) is 0 Å². The molecule has 0 amide bonds. The normalized spacial score (nSPS) is 12.1. The lowest BCUT2D eigenvalue weighted by molar-refractivity contribution is 1.71. The number of hydrogen-bond acceptors (Lipinski definition) is 0. The van der Waals surface area contributed by atoms with Crippen molar-refractivity contribution >= 4 is 23.1 Å². The highest BCUT2D eigenvalue weighted by molar-refractivity contribution is 6.99. The monoisotopic (exact) mass is 240 g/mol. The van der Waals surface area contributed by atoms with E-state index in [1.54, 1.807) is 0 Å². The summed E-state index contributed by atoms with van der Waals surface area (Å²) in [5.74, 6) is 0. The zero-order chi connectivity index (χ0) is 12.7. The third-order valence-corrected chi connectivity index (χ3v) is 3.97. The van der Waals surface area contributed by atoms with E-state index in [2.05, 4.69) is 78.9 Å². The van der Waals surface area contributed by atoms with Crippen molar-refractivity contribution in [2.24, 2.45) is 0 Å². The first-order chi connectivity index (χ1) is 9.45. The van der Waals surface area contributed by atoms with E-state index < -0.39 is 0 Å². The van der Waals surface area contributed by atoms with Crippen molar-refractivity contribution in [3.63, 3.8) is 0 Å². The van der Waals surface area contributed by atoms with Gasteiger partial charge in [-0.3, -0.25) is 0 Å². The first kappa shape index (κ1) is 10.6. The lowest BCUT2D eigenvalue weighted by Gasteiger charge is -2.10. The molecule has 0 spiro atoms. The van der Waals surface area contributed by atoms with Crippen molar-refractivity contribution < 1.29 is 0 Å². The quantitative estimate of drug-likeness (QED) is 0.447. The molecule has 19 heavy (non-hydrogen) atoms. The molecule has 1 heteroatoms. The van der Waals surface area contributed by atoms with E-state index in [0.717, 1.165) is 0 Å². The second kappa shape index (κ2) is 4.13. The van der Waals surface area contributed by atoms with E-state index in [4.69, 9.17) is 0 Å². The van der Waals surface area contributed by atoms with Gasteiger partial charge in [-0.15, -0.1) is 0 Å². The molecule has 0 N–H and O–H groups in total. The average Bonchev–Trinajstić information content (AvgIpc) is 2.83. The largest absolute Gasteiger partial charge is 0.242 e. The van der Waals surface area contributed by atoms with Crippen molar-refractivity contribution in [1.82, 2.24) is 0 Å². The smallest absolute Gasteiger partial charge is 0.0686 e. The minimum atomic E-state index is 0.383. The molecule has 0 saturated carbocycles. The molecular formula is C18H13B. The molecule has 4 rings (SSSR count). The van der Waals surface area contributed by atoms with Gasteiger partial charge in [0.25, 0.3) is 0 Å². The highest BCUT2D eigenvalue weighted by Gasteiger charge is 2.32. The molecule has 0 aromatic heterocycles. The molecule has 3 aromatic rings. The Hall–Kier alpha value is -2.28. The summed E-state index contributed by atoms with van der Waals surface area (Å²) in [6.07, 6.45) is 0. The van der Waals surface area contributed by atoms with E-state index in [9.17, 15) is 0 Å². The minimum Gasteiger partial charge on any atom is -0.0686 e. The molecule has 3 aromatic carbocycles. The van der Waals surface area contributed by atoms with Crippen LogP contribution in [0.15, 0.2) is 78.9 Å². The zero-order valence-corrected chi connectivity index (χ0v) is 10.6. The SMILES string of the molecule is c1ccc(B2c3ccccc3-c3ccccc32)cc1. The summed E-state index contributed by atoms with van der Waals surface area (Å²) in [6, 6.07) is 28.3. The van der Waals surface area contributed by atoms with E-state index in [1.165, 1.54) is 27.5 Å². The fraction of sp³-hybridized carbons (Fsp3) is 0. The van der Waals surface area contributed by atoms with Gasteiger partial charge in [0.15, 0.2) is 0 Å². The third-order valence-electron chi connectivity index (χ3n) is 3.97. The van der Waals surface area contributed by atoms with Gasteiger partial charge in [-0.05, 0) is 11.1 Å². The molecular weight excluding hydrogens is 227 g/mol. The van der Waals surface area contributed by atoms with Gasteiger partial charge < -0.3 is 0 Å². The number of rotatable bonds is 1. The van der Waals surface area contributed by atoms with Crippen molar-refractivity contribution in [3.05, 3.63) is 78.9 Å². The molecule has 0 aliphatic carbocycles. The van der Waals surface area contributed by atoms with Crippen LogP contribution in [-0.4, -0.2) is 6.71 Å². The van der Waals surface area contributed by atoms with Crippen molar-refractivity contribution in [3.8, 4) is 11.1 Å². The molecule has 1 aliphatic heterocycles. The fourth-order valence-corrected chi connectivity index (χ4v) is 3.16. The van der Waals surface area contributed by atoms with E-state index in [1.807, 2.05) is 0 Å². The van der Waals surface area contributed by atoms with E-state index in [-0.39, 0.29) is 0 Å². The summed E-state index contributed by atoms with van der Waals surface area (Å²) in [6.45, 7) is 0.383. The van der Waals surface area contributed by atoms with Crippen LogP contribution < -0.4 is 16.4 Å². The van der Waals surface area contributed by atoms with Crippen molar-refractivity contribution in [2.75, 3.05) is 0 Å². The maximum atomic E-state index is 2.26. The first-order valence-corrected chi connectivity index (χ1v) is 6.68. The predicted molar refractivity (Wildman–Crippen MR) is 83.0 cm³/mol. The van der Waals surface area contributed by atoms with Crippen LogP contribution in [0.25, 0.3) is 11.1 Å². The Bertz CT molecular complexity index is 686. The molecule has 0 saturated heterocycles. The van der Waals surface area contributed by atoms with E-state index >= 15 is 0 Å². The molecule has 0 nitrogen and oxygen atoms in total. The van der Waals surface area contributed by atoms with Gasteiger partial charge in [-0.25, -0.2) is 0 Å². The Labute approximate surface area is 113 Å². The molecule has 88 valence electrons. The fourth-order valence-electron chi connectivity index (χ4n) is 3.16. The van der Waals surface area contributed by atoms with Gasteiger partial charge in [0.2, 0.25) is 6.71 Å². The highest BCUT2D eigenvalue weighted by Crippen LogP contribution is 2.22. The molecule has 0 unspecified atom stereocenters.